The van der Waals surface area contributed by atoms with Crippen LogP contribution in [-0.2, 0) is 17.3 Å². The Morgan fingerprint density at radius 1 is 0.252 bits per heavy atom. The smallest absolute Gasteiger partial charge is 0.136 e. The van der Waals surface area contributed by atoms with E-state index in [9.17, 15) is 0 Å². The Morgan fingerprint density at radius 3 is 1.28 bits per heavy atom. The fourth-order valence-corrected chi connectivity index (χ4v) is 19.3. The molecule has 2 spiro atoms. The van der Waals surface area contributed by atoms with Gasteiger partial charge in [0.25, 0.3) is 0 Å². The highest BCUT2D eigenvalue weighted by atomic mass is 79.9. The molecule has 4 heteroatoms. The second kappa shape index (κ2) is 22.2. The van der Waals surface area contributed by atoms with Gasteiger partial charge < -0.3 is 13.4 Å². The fraction of sp³-hybridized carbons (Fsp3) is 0.0303. The normalized spacial score (nSPS) is 15.5. The van der Waals surface area contributed by atoms with Crippen molar-refractivity contribution in [1.82, 2.24) is 4.57 Å². The summed E-state index contributed by atoms with van der Waals surface area (Å²) in [5.41, 5.74) is 38.4. The van der Waals surface area contributed by atoms with Gasteiger partial charge in [-0.15, -0.1) is 0 Å². The molecule has 24 rings (SSSR count). The molecule has 0 bridgehead atoms. The van der Waals surface area contributed by atoms with Gasteiger partial charge in [0, 0.05) is 42.5 Å². The Hall–Kier alpha value is -12.6. The molecule has 480 valence electrons. The molecule has 2 unspecified atom stereocenters. The first-order valence-electron chi connectivity index (χ1n) is 35.6. The van der Waals surface area contributed by atoms with Gasteiger partial charge in [0.05, 0.1) is 21.9 Å². The molecule has 0 N–H and O–H groups in total. The van der Waals surface area contributed by atoms with Crippen LogP contribution in [0.5, 0.6) is 0 Å². The van der Waals surface area contributed by atoms with Crippen LogP contribution >= 0.6 is 15.9 Å². The van der Waals surface area contributed by atoms with Gasteiger partial charge in [0.1, 0.15) is 22.3 Å². The van der Waals surface area contributed by atoms with E-state index < -0.39 is 5.41 Å². The van der Waals surface area contributed by atoms with Crippen molar-refractivity contribution in [2.45, 2.75) is 17.3 Å². The van der Waals surface area contributed by atoms with E-state index in [2.05, 4.69) is 366 Å². The van der Waals surface area contributed by atoms with Crippen molar-refractivity contribution in [3.63, 3.8) is 0 Å². The van der Waals surface area contributed by atoms with E-state index in [1.165, 1.54) is 183 Å². The van der Waals surface area contributed by atoms with Gasteiger partial charge in [-0.25, -0.2) is 0 Å². The van der Waals surface area contributed by atoms with E-state index in [1.807, 2.05) is 6.07 Å². The Kier molecular flexibility index (Phi) is 12.5. The number of hydrogen-bond donors (Lipinski definition) is 0. The molecule has 3 nitrogen and oxygen atoms in total. The third-order valence-electron chi connectivity index (χ3n) is 23.1. The molecule has 3 aromatic heterocycles. The first-order valence-corrected chi connectivity index (χ1v) is 36.4. The predicted molar refractivity (Wildman–Crippen MR) is 428 cm³/mol. The number of para-hydroxylation sites is 3. The minimum atomic E-state index is -0.436. The fourth-order valence-electron chi connectivity index (χ4n) is 19.0. The van der Waals surface area contributed by atoms with Crippen molar-refractivity contribution in [2.75, 3.05) is 0 Å². The maximum Gasteiger partial charge on any atom is 0.136 e. The van der Waals surface area contributed by atoms with Gasteiger partial charge in [-0.3, -0.25) is 0 Å². The largest absolute Gasteiger partial charge is 0.456 e. The number of furan rings is 2. The summed E-state index contributed by atoms with van der Waals surface area (Å²) < 4.78 is 16.3. The molecule has 5 aliphatic rings. The first-order chi connectivity index (χ1) is 51.0. The van der Waals surface area contributed by atoms with Crippen molar-refractivity contribution in [2.24, 2.45) is 0 Å². The van der Waals surface area contributed by atoms with Crippen LogP contribution in [0.4, 0.5) is 0 Å². The van der Waals surface area contributed by atoms with Crippen molar-refractivity contribution in [3.05, 3.63) is 412 Å². The van der Waals surface area contributed by atoms with E-state index >= 15 is 0 Å². The maximum absolute atomic E-state index is 6.44. The van der Waals surface area contributed by atoms with Crippen LogP contribution in [0.1, 0.15) is 55.6 Å². The van der Waals surface area contributed by atoms with E-state index in [1.54, 1.807) is 0 Å². The topological polar surface area (TPSA) is 31.2 Å². The zero-order valence-corrected chi connectivity index (χ0v) is 57.4. The summed E-state index contributed by atoms with van der Waals surface area (Å²) in [6, 6.07) is 128. The van der Waals surface area contributed by atoms with Crippen LogP contribution in [0.25, 0.3) is 149 Å². The maximum atomic E-state index is 6.44. The highest BCUT2D eigenvalue weighted by Gasteiger charge is 2.54. The van der Waals surface area contributed by atoms with Crippen LogP contribution in [0.15, 0.2) is 365 Å². The molecule has 0 amide bonds. The molecule has 5 aliphatic carbocycles. The number of fused-ring (bicyclic) bond motifs is 34. The summed E-state index contributed by atoms with van der Waals surface area (Å²) in [7, 11) is 0. The van der Waals surface area contributed by atoms with Crippen molar-refractivity contribution >= 4 is 81.6 Å². The Labute approximate surface area is 603 Å². The highest BCUT2D eigenvalue weighted by Crippen LogP contribution is 2.67. The van der Waals surface area contributed by atoms with Crippen LogP contribution in [0.2, 0.25) is 0 Å². The van der Waals surface area contributed by atoms with Gasteiger partial charge in [-0.1, -0.05) is 295 Å². The molecule has 0 saturated heterocycles. The second-order valence-corrected chi connectivity index (χ2v) is 29.0. The number of hydrogen-bond acceptors (Lipinski definition) is 2. The molecule has 19 aromatic rings. The molecule has 3 heterocycles. The minimum Gasteiger partial charge on any atom is -0.456 e. The number of nitrogens with zero attached hydrogens (tertiary/aromatic N) is 1. The van der Waals surface area contributed by atoms with E-state index in [0.717, 1.165) is 33.2 Å². The summed E-state index contributed by atoms with van der Waals surface area (Å²) in [6.07, 6.45) is 1.07. The lowest BCUT2D eigenvalue weighted by Crippen LogP contribution is -2.25. The molecule has 0 saturated carbocycles. The number of aromatic nitrogens is 1. The lowest BCUT2D eigenvalue weighted by molar-refractivity contribution is 0.668. The number of halogens is 1. The first kappa shape index (κ1) is 58.2. The molecule has 0 fully saturated rings. The lowest BCUT2D eigenvalue weighted by atomic mass is 9.70. The standard InChI is InChI=1S/C49H29NO.C31H17BrO.C19H14/c1-2-12-30(13-3-1)31-22-26-44-38(28-31)34-15-6-10-20-43(34)50(44)32-23-24-41-37(29-32)33-14-4-8-18-39(33)49(41)40-19-9-5-16-35(40)47-42(49)25-27-46-48(47)36-17-7-11-21-45(36)51-46;32-18-13-14-25-22(17-18)19-7-1-4-10-23(19)31(25)24-11-5-2-8-20(24)29-26(31)15-16-28-30(29)21-9-3-6-12-27(21)33-28;1-2-6-14(7-3-1)15-10-11-17-12-16-8-4-5-9-18(16)19(17)13-15/h1-29H;1-17H;1-11,13H,12H2. The third-order valence-corrected chi connectivity index (χ3v) is 23.6. The Morgan fingerprint density at radius 2 is 0.680 bits per heavy atom. The van der Waals surface area contributed by atoms with Gasteiger partial charge in [0.15, 0.2) is 0 Å². The number of benzene rings is 16. The Bertz CT molecular complexity index is 6810. The van der Waals surface area contributed by atoms with Gasteiger partial charge in [-0.2, -0.15) is 0 Å². The molecule has 2 atom stereocenters. The molecular weight excluding hydrogens is 1310 g/mol. The van der Waals surface area contributed by atoms with Crippen molar-refractivity contribution < 1.29 is 8.83 Å². The summed E-state index contributed by atoms with van der Waals surface area (Å²) >= 11 is 3.72. The molecular formula is C99H60BrNO2. The quantitative estimate of drug-likeness (QED) is 0.177. The monoisotopic (exact) mass is 1370 g/mol. The van der Waals surface area contributed by atoms with E-state index in [-0.39, 0.29) is 5.41 Å². The van der Waals surface area contributed by atoms with Crippen LogP contribution in [0, 0.1) is 0 Å². The molecule has 0 aliphatic heterocycles. The summed E-state index contributed by atoms with van der Waals surface area (Å²) in [6.45, 7) is 0. The van der Waals surface area contributed by atoms with E-state index in [0.29, 0.717) is 0 Å². The van der Waals surface area contributed by atoms with Crippen LogP contribution < -0.4 is 0 Å². The highest BCUT2D eigenvalue weighted by molar-refractivity contribution is 9.10. The minimum absolute atomic E-state index is 0.328. The average molecular weight is 1380 g/mol. The summed E-state index contributed by atoms with van der Waals surface area (Å²) in [5, 5.41) is 7.29. The van der Waals surface area contributed by atoms with Gasteiger partial charge >= 0.3 is 0 Å². The van der Waals surface area contributed by atoms with E-state index in [4.69, 9.17) is 8.83 Å². The second-order valence-electron chi connectivity index (χ2n) is 28.0. The average Bonchev–Trinajstić information content (AvgIpc) is 1.51. The Balaban J connectivity index is 0.000000109. The van der Waals surface area contributed by atoms with Crippen molar-refractivity contribution in [3.8, 4) is 83.6 Å². The zero-order chi connectivity index (χ0) is 67.7. The van der Waals surface area contributed by atoms with Crippen LogP contribution in [-0.4, -0.2) is 4.57 Å². The zero-order valence-electron chi connectivity index (χ0n) is 55.8. The van der Waals surface area contributed by atoms with Crippen molar-refractivity contribution in [1.29, 1.82) is 0 Å². The molecule has 16 aromatic carbocycles. The third kappa shape index (κ3) is 8.15. The van der Waals surface area contributed by atoms with Gasteiger partial charge in [0.2, 0.25) is 0 Å². The van der Waals surface area contributed by atoms with Crippen LogP contribution in [0.3, 0.4) is 0 Å². The number of rotatable bonds is 3. The SMILES string of the molecule is Brc1ccc2c(c1)-c1ccccc1C21c2ccccc2-c2c1ccc1oc3ccccc3c21.c1ccc(-c2ccc3c(c2)-c2ccccc2C3)cc1.c1ccc(-c2ccc3c(c2)c2ccccc2n3-c2ccc3c(c2)-c2ccccc2C32c3ccccc3-c3c2ccc2oc4ccccc4c32)cc1. The summed E-state index contributed by atoms with van der Waals surface area (Å²) in [4.78, 5) is 0. The molecule has 0 radical (unpaired) electrons. The lowest BCUT2D eigenvalue weighted by Gasteiger charge is -2.30. The molecule has 103 heavy (non-hydrogen) atoms. The van der Waals surface area contributed by atoms with Gasteiger partial charge in [-0.05, 0) is 213 Å². The summed E-state index contributed by atoms with van der Waals surface area (Å²) in [5.74, 6) is 0. The predicted octanol–water partition coefficient (Wildman–Crippen LogP) is 26.3.